The van der Waals surface area contributed by atoms with E-state index >= 15 is 0 Å². The van der Waals surface area contributed by atoms with Crippen LogP contribution in [0.2, 0.25) is 0 Å². The molecular formula is C12H15NO3S. The summed E-state index contributed by atoms with van der Waals surface area (Å²) in [6.45, 7) is 3.27. The molecule has 0 aliphatic carbocycles. The van der Waals surface area contributed by atoms with Gasteiger partial charge in [-0.25, -0.2) is 4.79 Å². The fourth-order valence-corrected chi connectivity index (χ4v) is 3.02. The largest absolute Gasteiger partial charge is 0.478 e. The Labute approximate surface area is 103 Å². The Hall–Kier alpha value is -1.36. The molecule has 4 nitrogen and oxygen atoms in total. The second-order valence-electron chi connectivity index (χ2n) is 4.16. The molecule has 0 spiro atoms. The smallest absolute Gasteiger partial charge is 0.337 e. The van der Waals surface area contributed by atoms with Crippen molar-refractivity contribution in [3.63, 3.8) is 0 Å². The average molecular weight is 253 g/mol. The maximum Gasteiger partial charge on any atom is 0.337 e. The van der Waals surface area contributed by atoms with Crippen LogP contribution in [0.5, 0.6) is 0 Å². The van der Waals surface area contributed by atoms with Crippen molar-refractivity contribution in [2.24, 2.45) is 0 Å². The molecule has 1 heterocycles. The van der Waals surface area contributed by atoms with Crippen LogP contribution in [0, 0.1) is 6.92 Å². The third kappa shape index (κ3) is 2.66. The Morgan fingerprint density at radius 3 is 2.59 bits per heavy atom. The zero-order valence-corrected chi connectivity index (χ0v) is 10.5. The van der Waals surface area contributed by atoms with Crippen LogP contribution in [0.15, 0.2) is 18.2 Å². The summed E-state index contributed by atoms with van der Waals surface area (Å²) in [5.41, 5.74) is 2.11. The molecule has 2 rings (SSSR count). The van der Waals surface area contributed by atoms with Crippen molar-refractivity contribution in [1.29, 1.82) is 0 Å². The molecule has 1 aromatic rings. The molecule has 0 saturated carbocycles. The van der Waals surface area contributed by atoms with E-state index in [-0.39, 0.29) is 0 Å². The summed E-state index contributed by atoms with van der Waals surface area (Å²) in [6.07, 6.45) is 0. The maximum absolute atomic E-state index is 11.3. The van der Waals surface area contributed by atoms with Gasteiger partial charge in [-0.05, 0) is 24.6 Å². The lowest BCUT2D eigenvalue weighted by atomic mass is 10.1. The molecular weight excluding hydrogens is 238 g/mol. The van der Waals surface area contributed by atoms with Crippen molar-refractivity contribution in [3.8, 4) is 0 Å². The van der Waals surface area contributed by atoms with E-state index in [2.05, 4.69) is 0 Å². The monoisotopic (exact) mass is 253 g/mol. The number of aromatic carboxylic acids is 1. The lowest BCUT2D eigenvalue weighted by Crippen LogP contribution is -2.38. The van der Waals surface area contributed by atoms with Gasteiger partial charge in [0.15, 0.2) is 0 Å². The van der Waals surface area contributed by atoms with Gasteiger partial charge in [0.05, 0.1) is 11.3 Å². The van der Waals surface area contributed by atoms with Crippen molar-refractivity contribution in [2.75, 3.05) is 29.5 Å². The second-order valence-corrected chi connectivity index (χ2v) is 5.86. The summed E-state index contributed by atoms with van der Waals surface area (Å²) < 4.78 is 11.3. The lowest BCUT2D eigenvalue weighted by Gasteiger charge is -2.29. The van der Waals surface area contributed by atoms with E-state index in [0.717, 1.165) is 11.3 Å². The Bertz CT molecular complexity index is 463. The normalized spacial score (nSPS) is 17.1. The van der Waals surface area contributed by atoms with Gasteiger partial charge in [0, 0.05) is 35.4 Å². The van der Waals surface area contributed by atoms with E-state index in [1.807, 2.05) is 17.9 Å². The first-order valence-electron chi connectivity index (χ1n) is 5.52. The second kappa shape index (κ2) is 4.87. The summed E-state index contributed by atoms with van der Waals surface area (Å²) in [5, 5.41) is 9.15. The number of nitrogens with zero attached hydrogens (tertiary/aromatic N) is 1. The molecule has 0 unspecified atom stereocenters. The third-order valence-electron chi connectivity index (χ3n) is 2.90. The highest BCUT2D eigenvalue weighted by Gasteiger charge is 2.20. The van der Waals surface area contributed by atoms with Crippen LogP contribution < -0.4 is 4.90 Å². The van der Waals surface area contributed by atoms with Gasteiger partial charge >= 0.3 is 5.97 Å². The van der Waals surface area contributed by atoms with Crippen molar-refractivity contribution < 1.29 is 14.1 Å². The molecule has 0 atom stereocenters. The highest BCUT2D eigenvalue weighted by molar-refractivity contribution is 7.85. The SMILES string of the molecule is Cc1ccc(C(=O)O)c(N2CCS(=O)CC2)c1. The minimum atomic E-state index is -0.910. The molecule has 5 heteroatoms. The number of carboxylic acids is 1. The Morgan fingerprint density at radius 2 is 2.00 bits per heavy atom. The first kappa shape index (κ1) is 12.1. The number of carboxylic acid groups (broad SMARTS) is 1. The van der Waals surface area contributed by atoms with E-state index in [1.165, 1.54) is 0 Å². The van der Waals surface area contributed by atoms with Crippen LogP contribution in [0.3, 0.4) is 0 Å². The first-order chi connectivity index (χ1) is 8.08. The quantitative estimate of drug-likeness (QED) is 0.862. The maximum atomic E-state index is 11.3. The number of aryl methyl sites for hydroxylation is 1. The van der Waals surface area contributed by atoms with Crippen LogP contribution in [0.25, 0.3) is 0 Å². The predicted molar refractivity (Wildman–Crippen MR) is 68.2 cm³/mol. The van der Waals surface area contributed by atoms with Crippen molar-refractivity contribution in [3.05, 3.63) is 29.3 Å². The van der Waals surface area contributed by atoms with Gasteiger partial charge in [0.2, 0.25) is 0 Å². The standard InChI is InChI=1S/C12H15NO3S/c1-9-2-3-10(12(14)15)11(8-9)13-4-6-17(16)7-5-13/h2-3,8H,4-7H2,1H3,(H,14,15). The zero-order chi connectivity index (χ0) is 12.4. The molecule has 1 aromatic carbocycles. The molecule has 0 radical (unpaired) electrons. The number of rotatable bonds is 2. The van der Waals surface area contributed by atoms with Gasteiger partial charge in [0.25, 0.3) is 0 Å². The van der Waals surface area contributed by atoms with E-state index in [1.54, 1.807) is 12.1 Å². The molecule has 1 N–H and O–H groups in total. The summed E-state index contributed by atoms with van der Waals surface area (Å²) in [4.78, 5) is 13.2. The molecule has 1 saturated heterocycles. The van der Waals surface area contributed by atoms with E-state index in [4.69, 9.17) is 5.11 Å². The summed E-state index contributed by atoms with van der Waals surface area (Å²) in [6, 6.07) is 5.32. The average Bonchev–Trinajstić information content (AvgIpc) is 2.29. The van der Waals surface area contributed by atoms with Gasteiger partial charge < -0.3 is 10.0 Å². The first-order valence-corrected chi connectivity index (χ1v) is 7.00. The number of hydrogen-bond acceptors (Lipinski definition) is 3. The van der Waals surface area contributed by atoms with Crippen molar-refractivity contribution in [2.45, 2.75) is 6.92 Å². The lowest BCUT2D eigenvalue weighted by molar-refractivity contribution is 0.0697. The van der Waals surface area contributed by atoms with Gasteiger partial charge in [-0.2, -0.15) is 0 Å². The number of hydrogen-bond donors (Lipinski definition) is 1. The highest BCUT2D eigenvalue weighted by atomic mass is 32.2. The van der Waals surface area contributed by atoms with E-state index < -0.39 is 16.8 Å². The predicted octanol–water partition coefficient (Wildman–Crippen LogP) is 1.26. The van der Waals surface area contributed by atoms with E-state index in [9.17, 15) is 9.00 Å². The van der Waals surface area contributed by atoms with Crippen LogP contribution in [0.1, 0.15) is 15.9 Å². The molecule has 0 aromatic heterocycles. The Kier molecular flexibility index (Phi) is 3.47. The topological polar surface area (TPSA) is 57.6 Å². The van der Waals surface area contributed by atoms with Gasteiger partial charge in [-0.1, -0.05) is 6.07 Å². The van der Waals surface area contributed by atoms with Crippen LogP contribution >= 0.6 is 0 Å². The summed E-state index contributed by atoms with van der Waals surface area (Å²) >= 11 is 0. The highest BCUT2D eigenvalue weighted by Crippen LogP contribution is 2.23. The van der Waals surface area contributed by atoms with E-state index in [0.29, 0.717) is 30.2 Å². The fourth-order valence-electron chi connectivity index (χ4n) is 1.96. The number of anilines is 1. The molecule has 1 fully saturated rings. The fraction of sp³-hybridized carbons (Fsp3) is 0.417. The van der Waals surface area contributed by atoms with Gasteiger partial charge in [0.1, 0.15) is 0 Å². The molecule has 1 aliphatic rings. The molecule has 1 aliphatic heterocycles. The van der Waals surface area contributed by atoms with Crippen molar-refractivity contribution in [1.82, 2.24) is 0 Å². The zero-order valence-electron chi connectivity index (χ0n) is 9.68. The van der Waals surface area contributed by atoms with Gasteiger partial charge in [-0.3, -0.25) is 4.21 Å². The summed E-state index contributed by atoms with van der Waals surface area (Å²) in [5.74, 6) is 0.326. The minimum Gasteiger partial charge on any atom is -0.478 e. The number of benzene rings is 1. The van der Waals surface area contributed by atoms with Crippen LogP contribution in [0.4, 0.5) is 5.69 Å². The Morgan fingerprint density at radius 1 is 1.35 bits per heavy atom. The summed E-state index contributed by atoms with van der Waals surface area (Å²) in [7, 11) is -0.746. The number of carbonyl (C=O) groups is 1. The molecule has 0 amide bonds. The third-order valence-corrected chi connectivity index (χ3v) is 4.18. The Balaban J connectivity index is 2.33. The van der Waals surface area contributed by atoms with Crippen LogP contribution in [-0.2, 0) is 10.8 Å². The van der Waals surface area contributed by atoms with Crippen LogP contribution in [-0.4, -0.2) is 39.9 Å². The van der Waals surface area contributed by atoms with Crippen molar-refractivity contribution >= 4 is 22.5 Å². The molecule has 0 bridgehead atoms. The minimum absolute atomic E-state index is 0.322. The molecule has 17 heavy (non-hydrogen) atoms. The van der Waals surface area contributed by atoms with Gasteiger partial charge in [-0.15, -0.1) is 0 Å². The molecule has 92 valence electrons.